The number of rotatable bonds is 11. The van der Waals surface area contributed by atoms with Crippen molar-refractivity contribution in [1.29, 1.82) is 5.41 Å². The van der Waals surface area contributed by atoms with Gasteiger partial charge in [0.15, 0.2) is 5.84 Å². The number of piperidine rings is 1. The summed E-state index contributed by atoms with van der Waals surface area (Å²) in [4.78, 5) is 21.6. The van der Waals surface area contributed by atoms with Gasteiger partial charge in [-0.05, 0) is 69.1 Å². The van der Waals surface area contributed by atoms with Crippen LogP contribution in [0.5, 0.6) is 0 Å². The Morgan fingerprint density at radius 3 is 2.41 bits per heavy atom. The van der Waals surface area contributed by atoms with Crippen LogP contribution in [0.3, 0.4) is 0 Å². The van der Waals surface area contributed by atoms with Gasteiger partial charge >= 0.3 is 5.69 Å². The van der Waals surface area contributed by atoms with Gasteiger partial charge in [-0.1, -0.05) is 37.6 Å². The monoisotopic (exact) mass is 471 g/mol. The number of nitrogens with zero attached hydrogens (tertiary/aromatic N) is 3. The minimum absolute atomic E-state index is 0.0366. The number of aromatic amines is 1. The van der Waals surface area contributed by atoms with Gasteiger partial charge in [0.25, 0.3) is 0 Å². The highest BCUT2D eigenvalue weighted by atomic mass is 16.2. The number of benzene rings is 1. The molecule has 0 bridgehead atoms. The highest BCUT2D eigenvalue weighted by Gasteiger charge is 2.19. The van der Waals surface area contributed by atoms with E-state index in [-0.39, 0.29) is 11.5 Å². The summed E-state index contributed by atoms with van der Waals surface area (Å²) < 4.78 is 1.64. The summed E-state index contributed by atoms with van der Waals surface area (Å²) in [5.74, 6) is 1.34. The van der Waals surface area contributed by atoms with Gasteiger partial charge in [0.1, 0.15) is 11.5 Å². The first kappa shape index (κ1) is 27.5. The van der Waals surface area contributed by atoms with E-state index in [1.54, 1.807) is 4.57 Å². The molecule has 1 fully saturated rings. The zero-order chi connectivity index (χ0) is 24.9. The lowest BCUT2D eigenvalue weighted by Gasteiger charge is -2.31. The van der Waals surface area contributed by atoms with Crippen molar-refractivity contribution in [3.63, 3.8) is 0 Å². The quantitative estimate of drug-likeness (QED) is 0.195. The highest BCUT2D eigenvalue weighted by molar-refractivity contribution is 6.01. The first-order valence-corrected chi connectivity index (χ1v) is 12.1. The second-order valence-electron chi connectivity index (χ2n) is 8.64. The molecule has 1 aliphatic heterocycles. The van der Waals surface area contributed by atoms with Gasteiger partial charge in [0.2, 0.25) is 0 Å². The summed E-state index contributed by atoms with van der Waals surface area (Å²) >= 11 is 0. The molecule has 2 aromatic rings. The number of hydrogen-bond acceptors (Lipinski definition) is 6. The molecule has 9 nitrogen and oxygen atoms in total. The molecule has 3 rings (SSSR count). The summed E-state index contributed by atoms with van der Waals surface area (Å²) in [6, 6.07) is 8.47. The average molecular weight is 472 g/mol. The summed E-state index contributed by atoms with van der Waals surface area (Å²) in [6.45, 7) is 10.7. The molecular weight excluding hydrogens is 430 g/mol. The molecule has 0 atom stereocenters. The molecular formula is C25H41N7O2. The van der Waals surface area contributed by atoms with E-state index >= 15 is 0 Å². The Morgan fingerprint density at radius 1 is 1.24 bits per heavy atom. The molecule has 0 radical (unpaired) electrons. The third kappa shape index (κ3) is 7.65. The van der Waals surface area contributed by atoms with Gasteiger partial charge < -0.3 is 21.1 Å². The second kappa shape index (κ2) is 14.5. The number of aliphatic hydroxyl groups excluding tert-OH is 1. The number of likely N-dealkylation sites (tertiary alicyclic amines) is 1. The van der Waals surface area contributed by atoms with Crippen LogP contribution in [0.25, 0.3) is 0 Å². The van der Waals surface area contributed by atoms with Crippen molar-refractivity contribution < 1.29 is 5.11 Å². The van der Waals surface area contributed by atoms with Crippen LogP contribution in [-0.2, 0) is 13.1 Å². The third-order valence-corrected chi connectivity index (χ3v) is 6.25. The summed E-state index contributed by atoms with van der Waals surface area (Å²) in [7, 11) is 1.00. The number of anilines is 1. The number of H-pyrrole nitrogens is 1. The minimum Gasteiger partial charge on any atom is -0.400 e. The molecule has 0 amide bonds. The standard InChI is InChI=1S/C24H37N7O.CH4O/c1-3-4-13-28-23-21(22(26)27-2)29-24(32)31(23)17-20-7-5-19(6-8-20)16-30-14-10-18(9-12-25)11-15-30;1-2/h5-8,18,26,28H,2-4,9-17,25H2,1H3,(H,29,32);2H,1H3. The minimum atomic E-state index is -0.253. The van der Waals surface area contributed by atoms with Crippen LogP contribution in [-0.4, -0.2) is 65.4 Å². The molecule has 1 aromatic heterocycles. The number of nitrogens with one attached hydrogen (secondary N) is 3. The van der Waals surface area contributed by atoms with Crippen molar-refractivity contribution in [3.05, 3.63) is 51.6 Å². The molecule has 6 N–H and O–H groups in total. The fourth-order valence-corrected chi connectivity index (χ4v) is 4.30. The third-order valence-electron chi connectivity index (χ3n) is 6.25. The largest absolute Gasteiger partial charge is 0.400 e. The number of aromatic nitrogens is 2. The maximum atomic E-state index is 12.6. The van der Waals surface area contributed by atoms with Crippen LogP contribution in [0.1, 0.15) is 55.8 Å². The summed E-state index contributed by atoms with van der Waals surface area (Å²) in [5.41, 5.74) is 8.16. The van der Waals surface area contributed by atoms with Gasteiger partial charge in [-0.15, -0.1) is 0 Å². The van der Waals surface area contributed by atoms with E-state index in [4.69, 9.17) is 16.2 Å². The van der Waals surface area contributed by atoms with Crippen molar-refractivity contribution in [2.75, 3.05) is 38.6 Å². The van der Waals surface area contributed by atoms with Crippen LogP contribution in [0, 0.1) is 11.3 Å². The summed E-state index contributed by atoms with van der Waals surface area (Å²) in [5, 5.41) is 18.3. The summed E-state index contributed by atoms with van der Waals surface area (Å²) in [6.07, 6.45) is 5.62. The molecule has 0 unspecified atom stereocenters. The molecule has 0 saturated carbocycles. The number of hydrogen-bond donors (Lipinski definition) is 5. The topological polar surface area (TPSA) is 136 Å². The van der Waals surface area contributed by atoms with Crippen LogP contribution in [0.4, 0.5) is 5.82 Å². The fraction of sp³-hybridized carbons (Fsp3) is 0.560. The normalized spacial score (nSPS) is 14.4. The van der Waals surface area contributed by atoms with Crippen molar-refractivity contribution in [2.45, 2.75) is 52.1 Å². The van der Waals surface area contributed by atoms with E-state index in [2.05, 4.69) is 58.1 Å². The first-order chi connectivity index (χ1) is 16.5. The maximum Gasteiger partial charge on any atom is 0.328 e. The molecule has 0 spiro atoms. The number of unbranched alkanes of at least 4 members (excludes halogenated alkanes) is 1. The van der Waals surface area contributed by atoms with Crippen LogP contribution in [0.15, 0.2) is 34.1 Å². The molecule has 34 heavy (non-hydrogen) atoms. The van der Waals surface area contributed by atoms with E-state index in [0.717, 1.165) is 70.6 Å². The van der Waals surface area contributed by atoms with Gasteiger partial charge in [0, 0.05) is 20.2 Å². The van der Waals surface area contributed by atoms with Crippen LogP contribution in [0.2, 0.25) is 0 Å². The maximum absolute atomic E-state index is 12.6. The van der Waals surface area contributed by atoms with Crippen molar-refractivity contribution in [2.24, 2.45) is 16.6 Å². The number of imidazole rings is 1. The Labute approximate surface area is 202 Å². The zero-order valence-electron chi connectivity index (χ0n) is 20.6. The van der Waals surface area contributed by atoms with Crippen molar-refractivity contribution >= 4 is 18.4 Å². The smallest absolute Gasteiger partial charge is 0.328 e. The van der Waals surface area contributed by atoms with Crippen LogP contribution >= 0.6 is 0 Å². The van der Waals surface area contributed by atoms with E-state index in [0.29, 0.717) is 18.1 Å². The Kier molecular flexibility index (Phi) is 11.7. The molecule has 0 aliphatic carbocycles. The fourth-order valence-electron chi connectivity index (χ4n) is 4.30. The van der Waals surface area contributed by atoms with Gasteiger partial charge in [-0.25, -0.2) is 9.79 Å². The predicted molar refractivity (Wildman–Crippen MR) is 140 cm³/mol. The number of aliphatic hydroxyl groups is 1. The molecule has 9 heteroatoms. The Morgan fingerprint density at radius 2 is 1.85 bits per heavy atom. The lowest BCUT2D eigenvalue weighted by molar-refractivity contribution is 0.173. The molecule has 1 saturated heterocycles. The Hall–Kier alpha value is -2.75. The number of nitrogens with two attached hydrogens (primary N) is 1. The SMILES string of the molecule is C=NC(=N)c1[nH]c(=O)n(Cc2ccc(CN3CCC(CCN)CC3)cc2)c1NCCCC.CO. The average Bonchev–Trinajstić information content (AvgIpc) is 3.17. The second-order valence-corrected chi connectivity index (χ2v) is 8.64. The van der Waals surface area contributed by atoms with Gasteiger partial charge in [-0.3, -0.25) is 14.9 Å². The van der Waals surface area contributed by atoms with E-state index in [9.17, 15) is 4.79 Å². The van der Waals surface area contributed by atoms with Gasteiger partial charge in [0.05, 0.1) is 6.54 Å². The first-order valence-electron chi connectivity index (χ1n) is 12.1. The lowest BCUT2D eigenvalue weighted by atomic mass is 9.93. The molecule has 1 aliphatic rings. The van der Waals surface area contributed by atoms with Gasteiger partial charge in [-0.2, -0.15) is 0 Å². The van der Waals surface area contributed by atoms with E-state index < -0.39 is 0 Å². The molecule has 188 valence electrons. The van der Waals surface area contributed by atoms with Crippen LogP contribution < -0.4 is 16.7 Å². The number of aliphatic imine (C=N–C) groups is 1. The zero-order valence-corrected chi connectivity index (χ0v) is 20.6. The highest BCUT2D eigenvalue weighted by Crippen LogP contribution is 2.22. The molecule has 2 heterocycles. The van der Waals surface area contributed by atoms with E-state index in [1.807, 2.05) is 0 Å². The predicted octanol–water partition coefficient (Wildman–Crippen LogP) is 2.63. The van der Waals surface area contributed by atoms with E-state index in [1.165, 1.54) is 18.4 Å². The van der Waals surface area contributed by atoms with Crippen molar-refractivity contribution in [1.82, 2.24) is 14.5 Å². The van der Waals surface area contributed by atoms with Crippen molar-refractivity contribution in [3.8, 4) is 0 Å². The lowest BCUT2D eigenvalue weighted by Crippen LogP contribution is -2.33. The number of amidine groups is 1. The molecule has 1 aromatic carbocycles. The Balaban J connectivity index is 0.00000199. The Bertz CT molecular complexity index is 941.